The average molecular weight is 250 g/mol. The van der Waals surface area contributed by atoms with Crippen LogP contribution in [0.3, 0.4) is 0 Å². The molecule has 0 N–H and O–H groups in total. The third kappa shape index (κ3) is 2.36. The molecule has 0 aliphatic carbocycles. The fraction of sp³-hybridized carbons (Fsp3) is 0.600. The second-order valence-corrected chi connectivity index (χ2v) is 5.85. The van der Waals surface area contributed by atoms with Crippen molar-refractivity contribution in [2.45, 2.75) is 44.1 Å². The molecule has 0 radical (unpaired) electrons. The first-order chi connectivity index (χ1) is 8.34. The molecule has 0 spiro atoms. The summed E-state index contributed by atoms with van der Waals surface area (Å²) in [5.74, 6) is 0.651. The van der Waals surface area contributed by atoms with Crippen molar-refractivity contribution < 1.29 is 0 Å². The van der Waals surface area contributed by atoms with Gasteiger partial charge < -0.3 is 0 Å². The van der Waals surface area contributed by atoms with E-state index in [1.807, 2.05) is 12.1 Å². The standard InChI is InChI=1S/C15H20ClN/c16-15-7-2-1-6-14(15)12-8-9-13-5-3-4-10-17(13)11-12/h1-2,6-7,12-13H,3-5,8-11H2. The van der Waals surface area contributed by atoms with Gasteiger partial charge in [-0.3, -0.25) is 4.90 Å². The van der Waals surface area contributed by atoms with E-state index in [9.17, 15) is 0 Å². The monoisotopic (exact) mass is 249 g/mol. The van der Waals surface area contributed by atoms with Gasteiger partial charge in [-0.15, -0.1) is 0 Å². The highest BCUT2D eigenvalue weighted by Crippen LogP contribution is 2.36. The molecule has 1 nitrogen and oxygen atoms in total. The average Bonchev–Trinajstić information content (AvgIpc) is 2.39. The quantitative estimate of drug-likeness (QED) is 0.725. The molecule has 2 saturated heterocycles. The number of hydrogen-bond donors (Lipinski definition) is 0. The van der Waals surface area contributed by atoms with E-state index in [-0.39, 0.29) is 0 Å². The Hall–Kier alpha value is -0.530. The first-order valence-corrected chi connectivity index (χ1v) is 7.21. The summed E-state index contributed by atoms with van der Waals surface area (Å²) in [7, 11) is 0. The fourth-order valence-corrected chi connectivity index (χ4v) is 3.75. The van der Waals surface area contributed by atoms with Crippen molar-refractivity contribution in [3.8, 4) is 0 Å². The largest absolute Gasteiger partial charge is 0.300 e. The summed E-state index contributed by atoms with van der Waals surface area (Å²) in [6, 6.07) is 9.24. The topological polar surface area (TPSA) is 3.24 Å². The second-order valence-electron chi connectivity index (χ2n) is 5.44. The van der Waals surface area contributed by atoms with Gasteiger partial charge in [0, 0.05) is 17.6 Å². The van der Waals surface area contributed by atoms with Crippen LogP contribution in [0.5, 0.6) is 0 Å². The molecule has 92 valence electrons. The van der Waals surface area contributed by atoms with Crippen molar-refractivity contribution in [3.63, 3.8) is 0 Å². The van der Waals surface area contributed by atoms with Crippen LogP contribution >= 0.6 is 11.6 Å². The summed E-state index contributed by atoms with van der Waals surface area (Å²) < 4.78 is 0. The van der Waals surface area contributed by atoms with Gasteiger partial charge in [-0.05, 0) is 49.8 Å². The van der Waals surface area contributed by atoms with Crippen LogP contribution in [0.2, 0.25) is 5.02 Å². The second kappa shape index (κ2) is 4.99. The first kappa shape index (κ1) is 11.6. The molecule has 2 fully saturated rings. The highest BCUT2D eigenvalue weighted by atomic mass is 35.5. The number of piperidine rings is 2. The molecule has 0 aromatic heterocycles. The minimum Gasteiger partial charge on any atom is -0.300 e. The lowest BCUT2D eigenvalue weighted by Gasteiger charge is -2.43. The molecule has 2 heteroatoms. The Morgan fingerprint density at radius 2 is 1.94 bits per heavy atom. The molecular weight excluding hydrogens is 230 g/mol. The van der Waals surface area contributed by atoms with E-state index in [0.717, 1.165) is 11.1 Å². The van der Waals surface area contributed by atoms with E-state index in [2.05, 4.69) is 17.0 Å². The maximum Gasteiger partial charge on any atom is 0.0441 e. The van der Waals surface area contributed by atoms with Crippen LogP contribution in [0, 0.1) is 0 Å². The Balaban J connectivity index is 1.76. The van der Waals surface area contributed by atoms with Gasteiger partial charge in [0.05, 0.1) is 0 Å². The van der Waals surface area contributed by atoms with E-state index in [1.54, 1.807) is 0 Å². The van der Waals surface area contributed by atoms with Crippen LogP contribution < -0.4 is 0 Å². The lowest BCUT2D eigenvalue weighted by molar-refractivity contribution is 0.0959. The van der Waals surface area contributed by atoms with Gasteiger partial charge in [0.1, 0.15) is 0 Å². The first-order valence-electron chi connectivity index (χ1n) is 6.83. The third-order valence-corrected chi connectivity index (χ3v) is 4.74. The number of rotatable bonds is 1. The van der Waals surface area contributed by atoms with Crippen molar-refractivity contribution in [2.24, 2.45) is 0 Å². The third-order valence-electron chi connectivity index (χ3n) is 4.40. The maximum absolute atomic E-state index is 6.31. The summed E-state index contributed by atoms with van der Waals surface area (Å²) in [6.07, 6.45) is 6.89. The van der Waals surface area contributed by atoms with E-state index in [4.69, 9.17) is 11.6 Å². The molecular formula is C15H20ClN. The molecule has 0 saturated carbocycles. The van der Waals surface area contributed by atoms with Crippen molar-refractivity contribution in [3.05, 3.63) is 34.9 Å². The number of hydrogen-bond acceptors (Lipinski definition) is 1. The Morgan fingerprint density at radius 1 is 1.06 bits per heavy atom. The summed E-state index contributed by atoms with van der Waals surface area (Å²) in [6.45, 7) is 2.51. The van der Waals surface area contributed by atoms with Crippen LogP contribution in [-0.4, -0.2) is 24.0 Å². The van der Waals surface area contributed by atoms with E-state index >= 15 is 0 Å². The smallest absolute Gasteiger partial charge is 0.0441 e. The number of halogens is 1. The molecule has 2 aliphatic rings. The summed E-state index contributed by atoms with van der Waals surface area (Å²) in [4.78, 5) is 2.70. The minimum atomic E-state index is 0.651. The summed E-state index contributed by atoms with van der Waals surface area (Å²) >= 11 is 6.31. The van der Waals surface area contributed by atoms with Crippen molar-refractivity contribution >= 4 is 11.6 Å². The Morgan fingerprint density at radius 3 is 2.82 bits per heavy atom. The summed E-state index contributed by atoms with van der Waals surface area (Å²) in [5, 5.41) is 0.952. The SMILES string of the molecule is Clc1ccccc1C1CCC2CCCCN2C1. The van der Waals surface area contributed by atoms with Gasteiger partial charge in [-0.1, -0.05) is 36.2 Å². The van der Waals surface area contributed by atoms with Crippen LogP contribution in [0.4, 0.5) is 0 Å². The van der Waals surface area contributed by atoms with Gasteiger partial charge in [0.15, 0.2) is 0 Å². The fourth-order valence-electron chi connectivity index (χ4n) is 3.46. The Labute approximate surface area is 109 Å². The predicted octanol–water partition coefficient (Wildman–Crippen LogP) is 4.07. The van der Waals surface area contributed by atoms with Crippen molar-refractivity contribution in [1.29, 1.82) is 0 Å². The molecule has 2 aliphatic heterocycles. The molecule has 0 bridgehead atoms. The van der Waals surface area contributed by atoms with E-state index in [1.165, 1.54) is 50.8 Å². The van der Waals surface area contributed by atoms with Gasteiger partial charge in [0.2, 0.25) is 0 Å². The molecule has 2 atom stereocenters. The highest BCUT2D eigenvalue weighted by Gasteiger charge is 2.31. The molecule has 1 aromatic carbocycles. The van der Waals surface area contributed by atoms with Crippen LogP contribution in [-0.2, 0) is 0 Å². The van der Waals surface area contributed by atoms with Gasteiger partial charge in [0.25, 0.3) is 0 Å². The molecule has 17 heavy (non-hydrogen) atoms. The number of nitrogens with zero attached hydrogens (tertiary/aromatic N) is 1. The number of fused-ring (bicyclic) bond motifs is 1. The van der Waals surface area contributed by atoms with Crippen LogP contribution in [0.1, 0.15) is 43.6 Å². The molecule has 2 heterocycles. The zero-order valence-electron chi connectivity index (χ0n) is 10.2. The zero-order chi connectivity index (χ0) is 11.7. The molecule has 2 unspecified atom stereocenters. The van der Waals surface area contributed by atoms with Gasteiger partial charge in [-0.2, -0.15) is 0 Å². The van der Waals surface area contributed by atoms with E-state index < -0.39 is 0 Å². The summed E-state index contributed by atoms with van der Waals surface area (Å²) in [5.41, 5.74) is 1.36. The Kier molecular flexibility index (Phi) is 3.39. The van der Waals surface area contributed by atoms with Gasteiger partial charge >= 0.3 is 0 Å². The van der Waals surface area contributed by atoms with Crippen molar-refractivity contribution in [2.75, 3.05) is 13.1 Å². The van der Waals surface area contributed by atoms with Crippen LogP contribution in [0.25, 0.3) is 0 Å². The normalized spacial score (nSPS) is 29.9. The van der Waals surface area contributed by atoms with Gasteiger partial charge in [-0.25, -0.2) is 0 Å². The molecule has 0 amide bonds. The lowest BCUT2D eigenvalue weighted by Crippen LogP contribution is -2.45. The zero-order valence-corrected chi connectivity index (χ0v) is 11.0. The number of benzene rings is 1. The molecule has 1 aromatic rings. The Bertz CT molecular complexity index is 390. The minimum absolute atomic E-state index is 0.651. The molecule has 3 rings (SSSR count). The lowest BCUT2D eigenvalue weighted by atomic mass is 9.84. The van der Waals surface area contributed by atoms with E-state index in [0.29, 0.717) is 5.92 Å². The van der Waals surface area contributed by atoms with Crippen molar-refractivity contribution in [1.82, 2.24) is 4.90 Å². The predicted molar refractivity (Wildman–Crippen MR) is 72.6 cm³/mol. The maximum atomic E-state index is 6.31. The van der Waals surface area contributed by atoms with Crippen LogP contribution in [0.15, 0.2) is 24.3 Å². The highest BCUT2D eigenvalue weighted by molar-refractivity contribution is 6.31.